The quantitative estimate of drug-likeness (QED) is 0.784. The van der Waals surface area contributed by atoms with Crippen molar-refractivity contribution < 1.29 is 4.55 Å². The zero-order valence-corrected chi connectivity index (χ0v) is 12.7. The molecule has 0 aliphatic carbocycles. The van der Waals surface area contributed by atoms with Crippen LogP contribution in [-0.2, 0) is 24.0 Å². The van der Waals surface area contributed by atoms with Gasteiger partial charge in [0.05, 0.1) is 13.1 Å². The Morgan fingerprint density at radius 3 is 2.50 bits per heavy atom. The van der Waals surface area contributed by atoms with E-state index in [1.54, 1.807) is 0 Å². The fourth-order valence-corrected chi connectivity index (χ4v) is 3.58. The van der Waals surface area contributed by atoms with Crippen molar-refractivity contribution in [2.75, 3.05) is 29.5 Å². The summed E-state index contributed by atoms with van der Waals surface area (Å²) in [7, 11) is 0. The topological polar surface area (TPSA) is 69.4 Å². The number of hydrogen-bond donors (Lipinski definition) is 0. The molecule has 0 aromatic carbocycles. The minimum atomic E-state index is -0.669. The molecule has 3 rings (SSSR count). The van der Waals surface area contributed by atoms with Crippen LogP contribution in [0.2, 0.25) is 0 Å². The molecule has 1 fully saturated rings. The smallest absolute Gasteiger partial charge is 0.165 e. The van der Waals surface area contributed by atoms with Gasteiger partial charge < -0.3 is 9.45 Å². The fourth-order valence-electron chi connectivity index (χ4n) is 2.53. The maximum atomic E-state index is 11.5. The molecule has 0 unspecified atom stereocenters. The third-order valence-electron chi connectivity index (χ3n) is 3.65. The molecule has 108 valence electrons. The number of hydrogen-bond acceptors (Lipinski definition) is 5. The number of aryl methyl sites for hydroxylation is 2. The first-order valence-electron chi connectivity index (χ1n) is 7.06. The second-order valence-corrected chi connectivity index (χ2v) is 6.58. The van der Waals surface area contributed by atoms with Gasteiger partial charge in [0, 0.05) is 18.9 Å². The largest absolute Gasteiger partial charge is 0.616 e. The molecule has 1 aliphatic heterocycles. The summed E-state index contributed by atoms with van der Waals surface area (Å²) in [6.45, 7) is 5.77. The maximum absolute atomic E-state index is 11.5. The zero-order chi connectivity index (χ0) is 14.1. The molecule has 0 amide bonds. The first-order valence-corrected chi connectivity index (χ1v) is 8.55. The van der Waals surface area contributed by atoms with Crippen LogP contribution < -0.4 is 4.90 Å². The summed E-state index contributed by atoms with van der Waals surface area (Å²) >= 11 is -0.669. The molecular formula is C13H19N5OS. The van der Waals surface area contributed by atoms with Crippen LogP contribution in [0.4, 0.5) is 5.82 Å². The van der Waals surface area contributed by atoms with Gasteiger partial charge in [-0.15, -0.1) is 10.2 Å². The van der Waals surface area contributed by atoms with Gasteiger partial charge in [-0.05, 0) is 0 Å². The van der Waals surface area contributed by atoms with Gasteiger partial charge in [-0.25, -0.2) is 4.98 Å². The Bertz CT molecular complexity index is 606. The van der Waals surface area contributed by atoms with Crippen LogP contribution in [-0.4, -0.2) is 48.7 Å². The van der Waals surface area contributed by atoms with Gasteiger partial charge in [0.15, 0.2) is 5.65 Å². The molecule has 0 radical (unpaired) electrons. The van der Waals surface area contributed by atoms with E-state index in [0.29, 0.717) is 0 Å². The number of aromatic nitrogens is 4. The van der Waals surface area contributed by atoms with E-state index in [9.17, 15) is 4.55 Å². The van der Waals surface area contributed by atoms with Crippen LogP contribution in [0.3, 0.4) is 0 Å². The average Bonchev–Trinajstić information content (AvgIpc) is 2.90. The molecule has 6 nitrogen and oxygen atoms in total. The monoisotopic (exact) mass is 293 g/mol. The van der Waals surface area contributed by atoms with E-state index in [2.05, 4.69) is 28.9 Å². The molecule has 0 atom stereocenters. The van der Waals surface area contributed by atoms with E-state index in [-0.39, 0.29) is 0 Å². The zero-order valence-electron chi connectivity index (χ0n) is 11.9. The van der Waals surface area contributed by atoms with Crippen LogP contribution in [0, 0.1) is 0 Å². The molecule has 0 spiro atoms. The molecule has 7 heteroatoms. The Hall–Kier alpha value is -1.34. The van der Waals surface area contributed by atoms with E-state index in [1.165, 1.54) is 0 Å². The molecule has 20 heavy (non-hydrogen) atoms. The number of anilines is 1. The molecule has 3 heterocycles. The first kappa shape index (κ1) is 13.6. The van der Waals surface area contributed by atoms with Crippen LogP contribution >= 0.6 is 0 Å². The fraction of sp³-hybridized carbons (Fsp3) is 0.615. The van der Waals surface area contributed by atoms with Gasteiger partial charge in [-0.2, -0.15) is 0 Å². The summed E-state index contributed by atoms with van der Waals surface area (Å²) in [6, 6.07) is 1.99. The molecule has 1 saturated heterocycles. The predicted octanol–water partition coefficient (Wildman–Crippen LogP) is 0.818. The van der Waals surface area contributed by atoms with E-state index < -0.39 is 11.2 Å². The van der Waals surface area contributed by atoms with Crippen LogP contribution in [0.1, 0.15) is 25.5 Å². The molecule has 0 saturated carbocycles. The molecule has 1 aliphatic rings. The summed E-state index contributed by atoms with van der Waals surface area (Å²) in [5, 5.41) is 8.48. The lowest BCUT2D eigenvalue weighted by molar-refractivity contribution is 0.585. The third kappa shape index (κ3) is 2.35. The highest BCUT2D eigenvalue weighted by Gasteiger charge is 2.22. The minimum Gasteiger partial charge on any atom is -0.616 e. The number of fused-ring (bicyclic) bond motifs is 1. The van der Waals surface area contributed by atoms with Crippen molar-refractivity contribution in [3.63, 3.8) is 0 Å². The summed E-state index contributed by atoms with van der Waals surface area (Å²) in [4.78, 5) is 6.95. The van der Waals surface area contributed by atoms with Crippen molar-refractivity contribution in [1.82, 2.24) is 19.6 Å². The summed E-state index contributed by atoms with van der Waals surface area (Å²) in [5.41, 5.74) is 0.857. The average molecular weight is 293 g/mol. The molecule has 2 aromatic rings. The van der Waals surface area contributed by atoms with Crippen LogP contribution in [0.5, 0.6) is 0 Å². The standard InChI is InChI=1S/C13H19N5OS/c1-3-10-14-12(17-5-7-20(19)8-6-17)9-13-16-15-11(4-2)18(10)13/h9H,3-8H2,1-2H3. The van der Waals surface area contributed by atoms with E-state index in [4.69, 9.17) is 4.98 Å². The summed E-state index contributed by atoms with van der Waals surface area (Å²) in [6.07, 6.45) is 1.69. The lowest BCUT2D eigenvalue weighted by Gasteiger charge is -2.29. The van der Waals surface area contributed by atoms with Crippen LogP contribution in [0.25, 0.3) is 5.65 Å². The molecule has 0 N–H and O–H groups in total. The summed E-state index contributed by atoms with van der Waals surface area (Å²) in [5.74, 6) is 4.32. The van der Waals surface area contributed by atoms with Crippen molar-refractivity contribution >= 4 is 22.6 Å². The van der Waals surface area contributed by atoms with E-state index in [0.717, 1.165) is 60.6 Å². The molecular weight excluding hydrogens is 274 g/mol. The summed E-state index contributed by atoms with van der Waals surface area (Å²) < 4.78 is 13.5. The van der Waals surface area contributed by atoms with Gasteiger partial charge in [-0.3, -0.25) is 4.40 Å². The van der Waals surface area contributed by atoms with Gasteiger partial charge in [0.2, 0.25) is 0 Å². The van der Waals surface area contributed by atoms with Crippen molar-refractivity contribution in [3.8, 4) is 0 Å². The van der Waals surface area contributed by atoms with Gasteiger partial charge in [0.25, 0.3) is 0 Å². The van der Waals surface area contributed by atoms with Gasteiger partial charge >= 0.3 is 0 Å². The van der Waals surface area contributed by atoms with Crippen molar-refractivity contribution in [1.29, 1.82) is 0 Å². The van der Waals surface area contributed by atoms with Crippen molar-refractivity contribution in [3.05, 3.63) is 17.7 Å². The van der Waals surface area contributed by atoms with Crippen LogP contribution in [0.15, 0.2) is 6.07 Å². The Balaban J connectivity index is 2.00. The normalized spacial score (nSPS) is 17.1. The second kappa shape index (κ2) is 5.57. The second-order valence-electron chi connectivity index (χ2n) is 4.88. The molecule has 2 aromatic heterocycles. The SMILES string of the molecule is CCc1nnc2cc(N3CC[S+]([O-])CC3)nc(CC)n12. The Morgan fingerprint density at radius 2 is 1.85 bits per heavy atom. The van der Waals surface area contributed by atoms with E-state index >= 15 is 0 Å². The highest BCUT2D eigenvalue weighted by Crippen LogP contribution is 2.19. The highest BCUT2D eigenvalue weighted by atomic mass is 32.2. The Kier molecular flexibility index (Phi) is 3.80. The third-order valence-corrected chi connectivity index (χ3v) is 4.93. The highest BCUT2D eigenvalue weighted by molar-refractivity contribution is 7.91. The Labute approximate surface area is 121 Å². The minimum absolute atomic E-state index is 0.669. The first-order chi connectivity index (χ1) is 9.72. The van der Waals surface area contributed by atoms with Gasteiger partial charge in [-0.1, -0.05) is 25.0 Å². The number of rotatable bonds is 3. The van der Waals surface area contributed by atoms with Gasteiger partial charge in [0.1, 0.15) is 29.0 Å². The van der Waals surface area contributed by atoms with E-state index in [1.807, 2.05) is 10.5 Å². The lowest BCUT2D eigenvalue weighted by atomic mass is 10.3. The van der Waals surface area contributed by atoms with Crippen molar-refractivity contribution in [2.45, 2.75) is 26.7 Å². The predicted molar refractivity (Wildman–Crippen MR) is 79.6 cm³/mol. The maximum Gasteiger partial charge on any atom is 0.165 e. The number of nitrogens with zero attached hydrogens (tertiary/aromatic N) is 5. The molecule has 0 bridgehead atoms. The lowest BCUT2D eigenvalue weighted by Crippen LogP contribution is -2.40. The van der Waals surface area contributed by atoms with Crippen molar-refractivity contribution in [2.24, 2.45) is 0 Å². The Morgan fingerprint density at radius 1 is 1.15 bits per heavy atom.